The van der Waals surface area contributed by atoms with E-state index in [2.05, 4.69) is 0 Å². The van der Waals surface area contributed by atoms with Gasteiger partial charge in [0, 0.05) is 24.2 Å². The molecule has 1 aliphatic heterocycles. The lowest BCUT2D eigenvalue weighted by Crippen LogP contribution is -2.20. The predicted octanol–water partition coefficient (Wildman–Crippen LogP) is 1.76. The number of rotatable bonds is 7. The molecule has 5 nitrogen and oxygen atoms in total. The quantitative estimate of drug-likeness (QED) is 0.825. The highest BCUT2D eigenvalue weighted by Crippen LogP contribution is 2.28. The van der Waals surface area contributed by atoms with Gasteiger partial charge in [0.1, 0.15) is 11.5 Å². The third-order valence-electron chi connectivity index (χ3n) is 3.52. The molecule has 0 spiro atoms. The van der Waals surface area contributed by atoms with E-state index in [-0.39, 0.29) is 6.04 Å². The van der Waals surface area contributed by atoms with Crippen LogP contribution in [0.2, 0.25) is 0 Å². The Morgan fingerprint density at radius 1 is 1.35 bits per heavy atom. The van der Waals surface area contributed by atoms with Gasteiger partial charge in [-0.1, -0.05) is 0 Å². The number of ether oxygens (including phenoxy) is 4. The second kappa shape index (κ2) is 7.47. The molecular formula is C15H23NO4. The lowest BCUT2D eigenvalue weighted by Gasteiger charge is -2.17. The highest BCUT2D eigenvalue weighted by molar-refractivity contribution is 5.42. The first-order valence-electron chi connectivity index (χ1n) is 6.87. The Hall–Kier alpha value is -1.30. The molecule has 2 rings (SSSR count). The summed E-state index contributed by atoms with van der Waals surface area (Å²) >= 11 is 0. The minimum Gasteiger partial charge on any atom is -0.497 e. The number of benzene rings is 1. The van der Waals surface area contributed by atoms with Crippen molar-refractivity contribution in [1.29, 1.82) is 0 Å². The second-order valence-electron chi connectivity index (χ2n) is 4.98. The normalized spacial score (nSPS) is 19.9. The Morgan fingerprint density at radius 2 is 2.20 bits per heavy atom. The minimum absolute atomic E-state index is 0.210. The van der Waals surface area contributed by atoms with E-state index in [9.17, 15) is 0 Å². The summed E-state index contributed by atoms with van der Waals surface area (Å²) in [6.07, 6.45) is 1.07. The van der Waals surface area contributed by atoms with Gasteiger partial charge in [-0.2, -0.15) is 0 Å². The van der Waals surface area contributed by atoms with Crippen LogP contribution in [0.15, 0.2) is 18.2 Å². The lowest BCUT2D eigenvalue weighted by atomic mass is 10.1. The second-order valence-corrected chi connectivity index (χ2v) is 4.98. The molecule has 2 N–H and O–H groups in total. The molecule has 1 aromatic rings. The summed E-state index contributed by atoms with van der Waals surface area (Å²) < 4.78 is 21.5. The summed E-state index contributed by atoms with van der Waals surface area (Å²) in [5.41, 5.74) is 7.10. The maximum atomic E-state index is 6.17. The molecule has 1 fully saturated rings. The first kappa shape index (κ1) is 15.1. The van der Waals surface area contributed by atoms with Gasteiger partial charge in [-0.3, -0.25) is 0 Å². The molecule has 0 amide bonds. The van der Waals surface area contributed by atoms with E-state index >= 15 is 0 Å². The van der Waals surface area contributed by atoms with Crippen molar-refractivity contribution in [3.05, 3.63) is 23.8 Å². The first-order valence-corrected chi connectivity index (χ1v) is 6.87. The molecule has 1 aliphatic rings. The Morgan fingerprint density at radius 3 is 2.85 bits per heavy atom. The molecule has 2 unspecified atom stereocenters. The zero-order valence-electron chi connectivity index (χ0n) is 12.1. The van der Waals surface area contributed by atoms with Crippen LogP contribution < -0.4 is 15.2 Å². The van der Waals surface area contributed by atoms with E-state index in [1.54, 1.807) is 14.2 Å². The molecule has 1 heterocycles. The van der Waals surface area contributed by atoms with Gasteiger partial charge >= 0.3 is 0 Å². The van der Waals surface area contributed by atoms with Crippen LogP contribution in [-0.2, 0) is 9.47 Å². The summed E-state index contributed by atoms with van der Waals surface area (Å²) in [6.45, 7) is 2.80. The fourth-order valence-corrected chi connectivity index (χ4v) is 2.29. The third-order valence-corrected chi connectivity index (χ3v) is 3.52. The van der Waals surface area contributed by atoms with Gasteiger partial charge in [0.05, 0.1) is 40.1 Å². The van der Waals surface area contributed by atoms with Crippen LogP contribution in [0, 0.1) is 5.92 Å². The van der Waals surface area contributed by atoms with E-state index in [1.807, 2.05) is 18.2 Å². The third kappa shape index (κ3) is 3.85. The van der Waals surface area contributed by atoms with Crippen molar-refractivity contribution in [3.8, 4) is 11.5 Å². The van der Waals surface area contributed by atoms with Gasteiger partial charge in [-0.25, -0.2) is 0 Å². The average Bonchev–Trinajstić information content (AvgIpc) is 2.99. The Kier molecular flexibility index (Phi) is 5.64. The SMILES string of the molecule is COc1ccc(C(N)COCC2CCOC2)c(OC)c1. The van der Waals surface area contributed by atoms with Crippen molar-refractivity contribution >= 4 is 0 Å². The van der Waals surface area contributed by atoms with Gasteiger partial charge in [0.2, 0.25) is 0 Å². The molecule has 0 saturated carbocycles. The summed E-state index contributed by atoms with van der Waals surface area (Å²) in [5, 5.41) is 0. The van der Waals surface area contributed by atoms with Crippen LogP contribution in [0.1, 0.15) is 18.0 Å². The molecule has 1 saturated heterocycles. The highest BCUT2D eigenvalue weighted by Gasteiger charge is 2.17. The first-order chi connectivity index (χ1) is 9.74. The van der Waals surface area contributed by atoms with Crippen molar-refractivity contribution < 1.29 is 18.9 Å². The standard InChI is InChI=1S/C15H23NO4/c1-17-12-3-4-13(15(7-12)18-2)14(16)10-20-9-11-5-6-19-8-11/h3-4,7,11,14H,5-6,8-10,16H2,1-2H3. The Bertz CT molecular complexity index is 418. The smallest absolute Gasteiger partial charge is 0.127 e. The van der Waals surface area contributed by atoms with E-state index < -0.39 is 0 Å². The molecule has 1 aromatic carbocycles. The molecular weight excluding hydrogens is 258 g/mol. The Labute approximate surface area is 120 Å². The largest absolute Gasteiger partial charge is 0.497 e. The van der Waals surface area contributed by atoms with Crippen LogP contribution in [-0.4, -0.2) is 40.6 Å². The molecule has 112 valence electrons. The highest BCUT2D eigenvalue weighted by atomic mass is 16.5. The van der Waals surface area contributed by atoms with E-state index in [4.69, 9.17) is 24.7 Å². The van der Waals surface area contributed by atoms with Crippen molar-refractivity contribution in [2.45, 2.75) is 12.5 Å². The van der Waals surface area contributed by atoms with Gasteiger partial charge in [0.15, 0.2) is 0 Å². The molecule has 0 aliphatic carbocycles. The number of hydrogen-bond donors (Lipinski definition) is 1. The Balaban J connectivity index is 1.88. The number of hydrogen-bond acceptors (Lipinski definition) is 5. The fourth-order valence-electron chi connectivity index (χ4n) is 2.29. The topological polar surface area (TPSA) is 62.9 Å². The van der Waals surface area contributed by atoms with Gasteiger partial charge in [-0.05, 0) is 18.6 Å². The minimum atomic E-state index is -0.210. The van der Waals surface area contributed by atoms with Gasteiger partial charge in [0.25, 0.3) is 0 Å². The summed E-state index contributed by atoms with van der Waals surface area (Å²) in [5.74, 6) is 1.98. The van der Waals surface area contributed by atoms with Crippen molar-refractivity contribution in [2.24, 2.45) is 11.7 Å². The van der Waals surface area contributed by atoms with Crippen LogP contribution in [0.4, 0.5) is 0 Å². The number of methoxy groups -OCH3 is 2. The fraction of sp³-hybridized carbons (Fsp3) is 0.600. The summed E-state index contributed by atoms with van der Waals surface area (Å²) in [6, 6.07) is 5.42. The molecule has 2 atom stereocenters. The zero-order chi connectivity index (χ0) is 14.4. The van der Waals surface area contributed by atoms with E-state index in [0.29, 0.717) is 19.1 Å². The van der Waals surface area contributed by atoms with Crippen molar-refractivity contribution in [2.75, 3.05) is 40.6 Å². The van der Waals surface area contributed by atoms with Crippen LogP contribution in [0.5, 0.6) is 11.5 Å². The van der Waals surface area contributed by atoms with Crippen molar-refractivity contribution in [3.63, 3.8) is 0 Å². The van der Waals surface area contributed by atoms with Crippen LogP contribution in [0.25, 0.3) is 0 Å². The summed E-state index contributed by atoms with van der Waals surface area (Å²) in [7, 11) is 3.25. The molecule has 5 heteroatoms. The molecule has 0 bridgehead atoms. The maximum Gasteiger partial charge on any atom is 0.127 e. The van der Waals surface area contributed by atoms with E-state index in [1.165, 1.54) is 0 Å². The van der Waals surface area contributed by atoms with Crippen LogP contribution in [0.3, 0.4) is 0 Å². The number of nitrogens with two attached hydrogens (primary N) is 1. The van der Waals surface area contributed by atoms with Gasteiger partial charge in [-0.15, -0.1) is 0 Å². The van der Waals surface area contributed by atoms with Gasteiger partial charge < -0.3 is 24.7 Å². The lowest BCUT2D eigenvalue weighted by molar-refractivity contribution is 0.0804. The van der Waals surface area contributed by atoms with Crippen LogP contribution >= 0.6 is 0 Å². The molecule has 20 heavy (non-hydrogen) atoms. The van der Waals surface area contributed by atoms with Crippen molar-refractivity contribution in [1.82, 2.24) is 0 Å². The average molecular weight is 281 g/mol. The van der Waals surface area contributed by atoms with E-state index in [0.717, 1.165) is 36.7 Å². The molecule has 0 radical (unpaired) electrons. The summed E-state index contributed by atoms with van der Waals surface area (Å²) in [4.78, 5) is 0. The maximum absolute atomic E-state index is 6.17. The molecule has 0 aromatic heterocycles. The zero-order valence-corrected chi connectivity index (χ0v) is 12.1. The monoisotopic (exact) mass is 281 g/mol. The predicted molar refractivity (Wildman–Crippen MR) is 76.2 cm³/mol.